The van der Waals surface area contributed by atoms with Crippen molar-refractivity contribution in [3.8, 4) is 0 Å². The van der Waals surface area contributed by atoms with Gasteiger partial charge in [0.15, 0.2) is 6.04 Å². The van der Waals surface area contributed by atoms with Gasteiger partial charge in [0.05, 0.1) is 24.7 Å². The van der Waals surface area contributed by atoms with Gasteiger partial charge in [-0.2, -0.15) is 0 Å². The number of carbonyl (C=O) groups excluding carboxylic acids is 2. The molecular weight excluding hydrogens is 418 g/mol. The highest BCUT2D eigenvalue weighted by Crippen LogP contribution is 2.39. The molecule has 1 saturated carbocycles. The number of aliphatic hydroxyl groups excluding tert-OH is 1. The van der Waals surface area contributed by atoms with E-state index in [9.17, 15) is 14.7 Å². The number of hydrogen-bond acceptors (Lipinski definition) is 5. The van der Waals surface area contributed by atoms with Gasteiger partial charge in [0, 0.05) is 0 Å². The minimum Gasteiger partial charge on any atom is -0.459 e. The van der Waals surface area contributed by atoms with E-state index in [1.165, 1.54) is 0 Å². The molecule has 0 aliphatic heterocycles. The summed E-state index contributed by atoms with van der Waals surface area (Å²) in [6.07, 6.45) is 2.33. The van der Waals surface area contributed by atoms with Crippen molar-refractivity contribution < 1.29 is 24.2 Å². The number of aliphatic hydroxyl groups is 1. The molecule has 0 heterocycles. The number of benzene rings is 2. The maximum atomic E-state index is 13.3. The van der Waals surface area contributed by atoms with Gasteiger partial charge in [-0.3, -0.25) is 4.79 Å². The minimum absolute atomic E-state index is 0.111. The van der Waals surface area contributed by atoms with Gasteiger partial charge in [-0.1, -0.05) is 67.6 Å². The Morgan fingerprint density at radius 1 is 1.00 bits per heavy atom. The number of ether oxygens (including phenoxy) is 2. The first-order chi connectivity index (χ1) is 15.9. The van der Waals surface area contributed by atoms with Crippen LogP contribution in [0.3, 0.4) is 0 Å². The van der Waals surface area contributed by atoms with E-state index >= 15 is 0 Å². The Bertz CT molecular complexity index is 878. The fourth-order valence-corrected chi connectivity index (χ4v) is 4.15. The van der Waals surface area contributed by atoms with Gasteiger partial charge in [-0.15, -0.1) is 0 Å². The van der Waals surface area contributed by atoms with Crippen molar-refractivity contribution in [3.63, 3.8) is 0 Å². The number of esters is 1. The monoisotopic (exact) mass is 453 g/mol. The van der Waals surface area contributed by atoms with Gasteiger partial charge >= 0.3 is 5.97 Å². The number of hydrogen-bond donors (Lipinski definition) is 2. The second-order valence-electron chi connectivity index (χ2n) is 9.17. The molecule has 2 N–H and O–H groups in total. The molecule has 178 valence electrons. The molecule has 33 heavy (non-hydrogen) atoms. The third kappa shape index (κ3) is 6.89. The molecule has 1 aliphatic rings. The molecule has 6 heteroatoms. The molecule has 1 fully saturated rings. The van der Waals surface area contributed by atoms with Crippen LogP contribution in [0.15, 0.2) is 60.7 Å². The van der Waals surface area contributed by atoms with E-state index in [-0.39, 0.29) is 19.1 Å². The van der Waals surface area contributed by atoms with Gasteiger partial charge in [0.25, 0.3) is 0 Å². The molecule has 0 aromatic heterocycles. The molecule has 1 aliphatic carbocycles. The Labute approximate surface area is 196 Å². The van der Waals surface area contributed by atoms with Gasteiger partial charge < -0.3 is 19.9 Å². The van der Waals surface area contributed by atoms with E-state index in [4.69, 9.17) is 9.47 Å². The smallest absolute Gasteiger partial charge is 0.331 e. The summed E-state index contributed by atoms with van der Waals surface area (Å²) >= 11 is 0. The zero-order chi connectivity index (χ0) is 23.7. The van der Waals surface area contributed by atoms with Crippen LogP contribution in [-0.2, 0) is 32.3 Å². The Hall–Kier alpha value is -2.70. The Kier molecular flexibility index (Phi) is 9.03. The summed E-state index contributed by atoms with van der Waals surface area (Å²) in [5.41, 5.74) is 0.964. The van der Waals surface area contributed by atoms with Gasteiger partial charge in [-0.25, -0.2) is 4.79 Å². The van der Waals surface area contributed by atoms with Crippen LogP contribution < -0.4 is 5.32 Å². The summed E-state index contributed by atoms with van der Waals surface area (Å²) in [6.45, 7) is 4.09. The average Bonchev–Trinajstić information content (AvgIpc) is 2.86. The van der Waals surface area contributed by atoms with Crippen LogP contribution >= 0.6 is 0 Å². The van der Waals surface area contributed by atoms with Crippen molar-refractivity contribution in [2.45, 2.75) is 64.9 Å². The number of rotatable bonds is 10. The summed E-state index contributed by atoms with van der Waals surface area (Å²) in [5, 5.41) is 13.0. The number of carbonyl (C=O) groups is 2. The standard InChI is InChI=1S/C27H35NO5/c1-20-13-15-27(19-29,16-14-20)26(31)28-24(21(2)32-17-22-9-5-3-6-10-22)25(30)33-18-23-11-7-4-8-12-23/h3-12,20-21,24,29H,13-19H2,1-2H3,(H,28,31). The zero-order valence-corrected chi connectivity index (χ0v) is 19.5. The lowest BCUT2D eigenvalue weighted by atomic mass is 9.70. The van der Waals surface area contributed by atoms with Gasteiger partial charge in [-0.05, 0) is 49.7 Å². The van der Waals surface area contributed by atoms with Crippen LogP contribution in [0.1, 0.15) is 50.7 Å². The summed E-state index contributed by atoms with van der Waals surface area (Å²) in [7, 11) is 0. The summed E-state index contributed by atoms with van der Waals surface area (Å²) < 4.78 is 11.5. The van der Waals surface area contributed by atoms with E-state index < -0.39 is 23.5 Å². The van der Waals surface area contributed by atoms with Crippen molar-refractivity contribution in [1.29, 1.82) is 0 Å². The highest BCUT2D eigenvalue weighted by atomic mass is 16.5. The number of nitrogens with one attached hydrogen (secondary N) is 1. The maximum Gasteiger partial charge on any atom is 0.331 e. The second kappa shape index (κ2) is 12.0. The third-order valence-electron chi connectivity index (χ3n) is 6.61. The van der Waals surface area contributed by atoms with Crippen molar-refractivity contribution >= 4 is 11.9 Å². The predicted molar refractivity (Wildman–Crippen MR) is 126 cm³/mol. The van der Waals surface area contributed by atoms with E-state index in [2.05, 4.69) is 12.2 Å². The van der Waals surface area contributed by atoms with Crippen LogP contribution in [0.2, 0.25) is 0 Å². The molecule has 0 saturated heterocycles. The topological polar surface area (TPSA) is 84.9 Å². The van der Waals surface area contributed by atoms with Gasteiger partial charge in [0.2, 0.25) is 5.91 Å². The predicted octanol–water partition coefficient (Wildman–Crippen LogP) is 4.01. The van der Waals surface area contributed by atoms with Crippen molar-refractivity contribution in [2.75, 3.05) is 6.61 Å². The molecule has 3 rings (SSSR count). The molecule has 1 amide bonds. The van der Waals surface area contributed by atoms with E-state index in [1.54, 1.807) is 6.92 Å². The normalized spacial score (nSPS) is 22.2. The SMILES string of the molecule is CC1CCC(CO)(C(=O)NC(C(=O)OCc2ccccc2)C(C)OCc2ccccc2)CC1. The highest BCUT2D eigenvalue weighted by molar-refractivity contribution is 5.88. The van der Waals surface area contributed by atoms with E-state index in [0.717, 1.165) is 24.0 Å². The Balaban J connectivity index is 1.70. The average molecular weight is 454 g/mol. The van der Waals surface area contributed by atoms with Crippen molar-refractivity contribution in [1.82, 2.24) is 5.32 Å². The maximum absolute atomic E-state index is 13.3. The molecule has 0 spiro atoms. The zero-order valence-electron chi connectivity index (χ0n) is 19.5. The quantitative estimate of drug-likeness (QED) is 0.531. The molecule has 2 aromatic rings. The lowest BCUT2D eigenvalue weighted by Gasteiger charge is -2.38. The molecule has 2 atom stereocenters. The second-order valence-corrected chi connectivity index (χ2v) is 9.17. The molecule has 0 bridgehead atoms. The van der Waals surface area contributed by atoms with Crippen molar-refractivity contribution in [3.05, 3.63) is 71.8 Å². The lowest BCUT2D eigenvalue weighted by molar-refractivity contribution is -0.156. The molecule has 0 radical (unpaired) electrons. The fourth-order valence-electron chi connectivity index (χ4n) is 4.15. The van der Waals surface area contributed by atoms with Crippen LogP contribution in [0, 0.1) is 11.3 Å². The third-order valence-corrected chi connectivity index (χ3v) is 6.61. The Morgan fingerprint density at radius 3 is 2.09 bits per heavy atom. The van der Waals surface area contributed by atoms with E-state index in [0.29, 0.717) is 25.4 Å². The summed E-state index contributed by atoms with van der Waals surface area (Å²) in [6, 6.07) is 18.1. The van der Waals surface area contributed by atoms with Crippen LogP contribution in [0.25, 0.3) is 0 Å². The summed E-state index contributed by atoms with van der Waals surface area (Å²) in [5.74, 6) is -0.337. The lowest BCUT2D eigenvalue weighted by Crippen LogP contribution is -2.55. The summed E-state index contributed by atoms with van der Waals surface area (Å²) in [4.78, 5) is 26.3. The highest BCUT2D eigenvalue weighted by Gasteiger charge is 2.43. The first-order valence-corrected chi connectivity index (χ1v) is 11.7. The van der Waals surface area contributed by atoms with Crippen molar-refractivity contribution in [2.24, 2.45) is 11.3 Å². The van der Waals surface area contributed by atoms with E-state index in [1.807, 2.05) is 60.7 Å². The fraction of sp³-hybridized carbons (Fsp3) is 0.481. The molecular formula is C27H35NO5. The first-order valence-electron chi connectivity index (χ1n) is 11.7. The molecule has 6 nitrogen and oxygen atoms in total. The van der Waals surface area contributed by atoms with Crippen LogP contribution in [0.5, 0.6) is 0 Å². The van der Waals surface area contributed by atoms with Gasteiger partial charge in [0.1, 0.15) is 6.61 Å². The molecule has 2 aromatic carbocycles. The number of amides is 1. The Morgan fingerprint density at radius 2 is 1.55 bits per heavy atom. The molecule has 2 unspecified atom stereocenters. The largest absolute Gasteiger partial charge is 0.459 e. The van der Waals surface area contributed by atoms with Crippen LogP contribution in [-0.4, -0.2) is 35.7 Å². The first kappa shape index (κ1) is 24.9. The minimum atomic E-state index is -0.979. The van der Waals surface area contributed by atoms with Crippen LogP contribution in [0.4, 0.5) is 0 Å².